The summed E-state index contributed by atoms with van der Waals surface area (Å²) in [7, 11) is 0. The molecule has 1 unspecified atom stereocenters. The maximum Gasteiger partial charge on any atom is 0.137 e. The van der Waals surface area contributed by atoms with Crippen LogP contribution in [0.3, 0.4) is 0 Å². The molecule has 0 bridgehead atoms. The van der Waals surface area contributed by atoms with Crippen LogP contribution in [0.4, 0.5) is 0 Å². The summed E-state index contributed by atoms with van der Waals surface area (Å²) in [4.78, 5) is 4.17. The fourth-order valence-corrected chi connectivity index (χ4v) is 1.32. The van der Waals surface area contributed by atoms with E-state index in [-0.39, 0.29) is 5.92 Å². The van der Waals surface area contributed by atoms with Crippen LogP contribution in [0.2, 0.25) is 0 Å². The van der Waals surface area contributed by atoms with Crippen molar-refractivity contribution in [3.8, 4) is 0 Å². The third kappa shape index (κ3) is 2.31. The Morgan fingerprint density at radius 1 is 1.54 bits per heavy atom. The average Bonchev–Trinajstić information content (AvgIpc) is 2.52. The molecule has 0 radical (unpaired) electrons. The van der Waals surface area contributed by atoms with E-state index in [0.29, 0.717) is 0 Å². The minimum atomic E-state index is -0.443. The molecule has 3 heteroatoms. The van der Waals surface area contributed by atoms with Gasteiger partial charge in [-0.2, -0.15) is 0 Å². The van der Waals surface area contributed by atoms with Gasteiger partial charge in [0.2, 0.25) is 0 Å². The van der Waals surface area contributed by atoms with Crippen molar-refractivity contribution in [2.24, 2.45) is 5.92 Å². The fourth-order valence-electron chi connectivity index (χ4n) is 1.32. The highest BCUT2D eigenvalue weighted by molar-refractivity contribution is 4.97. The van der Waals surface area contributed by atoms with Crippen LogP contribution in [0.25, 0.3) is 0 Å². The second kappa shape index (κ2) is 4.42. The molecule has 1 aromatic rings. The third-order valence-electron chi connectivity index (χ3n) is 2.11. The van der Waals surface area contributed by atoms with Gasteiger partial charge in [-0.05, 0) is 12.3 Å². The Balaban J connectivity index is 2.80. The molecule has 0 aliphatic heterocycles. The van der Waals surface area contributed by atoms with Gasteiger partial charge in [0.25, 0.3) is 0 Å². The van der Waals surface area contributed by atoms with Crippen molar-refractivity contribution in [1.29, 1.82) is 0 Å². The molecule has 1 rings (SSSR count). The van der Waals surface area contributed by atoms with E-state index in [9.17, 15) is 5.11 Å². The van der Waals surface area contributed by atoms with Crippen LogP contribution in [-0.2, 0) is 6.54 Å². The summed E-state index contributed by atoms with van der Waals surface area (Å²) >= 11 is 0. The lowest BCUT2D eigenvalue weighted by molar-refractivity contribution is 0.113. The van der Waals surface area contributed by atoms with Gasteiger partial charge in [-0.3, -0.25) is 0 Å². The highest BCUT2D eigenvalue weighted by Crippen LogP contribution is 2.19. The summed E-state index contributed by atoms with van der Waals surface area (Å²) < 4.78 is 2.02. The highest BCUT2D eigenvalue weighted by atomic mass is 16.3. The van der Waals surface area contributed by atoms with Crippen molar-refractivity contribution in [1.82, 2.24) is 9.55 Å². The van der Waals surface area contributed by atoms with Crippen LogP contribution >= 0.6 is 0 Å². The molecule has 0 amide bonds. The number of aryl methyl sites for hydroxylation is 1. The lowest BCUT2D eigenvalue weighted by atomic mass is 10.1. The van der Waals surface area contributed by atoms with Crippen molar-refractivity contribution in [3.05, 3.63) is 18.2 Å². The second-order valence-corrected chi connectivity index (χ2v) is 3.67. The molecule has 1 atom stereocenters. The first-order valence-electron chi connectivity index (χ1n) is 4.86. The van der Waals surface area contributed by atoms with Gasteiger partial charge in [-0.15, -0.1) is 0 Å². The van der Waals surface area contributed by atoms with E-state index >= 15 is 0 Å². The predicted molar refractivity (Wildman–Crippen MR) is 52.3 cm³/mol. The second-order valence-electron chi connectivity index (χ2n) is 3.67. The largest absolute Gasteiger partial charge is 0.385 e. The first-order chi connectivity index (χ1) is 6.16. The summed E-state index contributed by atoms with van der Waals surface area (Å²) in [5.74, 6) is 1.01. The molecule has 0 aliphatic carbocycles. The Hall–Kier alpha value is -0.830. The van der Waals surface area contributed by atoms with Crippen molar-refractivity contribution in [2.75, 3.05) is 0 Å². The van der Waals surface area contributed by atoms with E-state index in [1.54, 1.807) is 6.20 Å². The highest BCUT2D eigenvalue weighted by Gasteiger charge is 2.16. The van der Waals surface area contributed by atoms with E-state index in [4.69, 9.17) is 0 Å². The third-order valence-corrected chi connectivity index (χ3v) is 2.11. The zero-order chi connectivity index (χ0) is 9.84. The van der Waals surface area contributed by atoms with Gasteiger partial charge in [0.1, 0.15) is 11.9 Å². The number of imidazole rings is 1. The smallest absolute Gasteiger partial charge is 0.137 e. The number of hydrogen-bond acceptors (Lipinski definition) is 2. The van der Waals surface area contributed by atoms with Crippen molar-refractivity contribution < 1.29 is 5.11 Å². The minimum Gasteiger partial charge on any atom is -0.385 e. The Morgan fingerprint density at radius 3 is 2.77 bits per heavy atom. The summed E-state index contributed by atoms with van der Waals surface area (Å²) in [5.41, 5.74) is 0. The molecule has 0 aromatic carbocycles. The Morgan fingerprint density at radius 2 is 2.23 bits per heavy atom. The van der Waals surface area contributed by atoms with Crippen LogP contribution in [0.5, 0.6) is 0 Å². The predicted octanol–water partition coefficient (Wildman–Crippen LogP) is 1.98. The molecule has 0 saturated carbocycles. The molecule has 1 N–H and O–H groups in total. The number of aliphatic hydroxyl groups is 1. The van der Waals surface area contributed by atoms with Gasteiger partial charge in [0.05, 0.1) is 0 Å². The number of rotatable bonds is 4. The summed E-state index contributed by atoms with van der Waals surface area (Å²) in [5, 5.41) is 9.81. The van der Waals surface area contributed by atoms with E-state index in [0.717, 1.165) is 18.8 Å². The van der Waals surface area contributed by atoms with Gasteiger partial charge in [0, 0.05) is 18.9 Å². The monoisotopic (exact) mass is 182 g/mol. The minimum absolute atomic E-state index is 0.220. The number of hydrogen-bond donors (Lipinski definition) is 1. The molecular weight excluding hydrogens is 164 g/mol. The van der Waals surface area contributed by atoms with Crippen LogP contribution in [0.15, 0.2) is 12.4 Å². The normalized spacial score (nSPS) is 13.6. The molecule has 0 saturated heterocycles. The van der Waals surface area contributed by atoms with Gasteiger partial charge < -0.3 is 9.67 Å². The molecule has 1 heterocycles. The Kier molecular flexibility index (Phi) is 3.48. The summed E-state index contributed by atoms with van der Waals surface area (Å²) in [6.45, 7) is 7.04. The number of nitrogens with zero attached hydrogens (tertiary/aromatic N) is 2. The van der Waals surface area contributed by atoms with Crippen molar-refractivity contribution >= 4 is 0 Å². The van der Waals surface area contributed by atoms with Crippen LogP contribution < -0.4 is 0 Å². The molecule has 74 valence electrons. The quantitative estimate of drug-likeness (QED) is 0.773. The zero-order valence-corrected chi connectivity index (χ0v) is 8.57. The first kappa shape index (κ1) is 10.3. The zero-order valence-electron chi connectivity index (χ0n) is 8.57. The van der Waals surface area contributed by atoms with E-state index in [2.05, 4.69) is 11.9 Å². The van der Waals surface area contributed by atoms with Crippen LogP contribution in [0.1, 0.15) is 39.1 Å². The van der Waals surface area contributed by atoms with Gasteiger partial charge in [0.15, 0.2) is 0 Å². The van der Waals surface area contributed by atoms with Crippen LogP contribution in [-0.4, -0.2) is 14.7 Å². The van der Waals surface area contributed by atoms with E-state index in [1.165, 1.54) is 0 Å². The lowest BCUT2D eigenvalue weighted by Gasteiger charge is -2.15. The van der Waals surface area contributed by atoms with E-state index < -0.39 is 6.10 Å². The lowest BCUT2D eigenvalue weighted by Crippen LogP contribution is -2.13. The van der Waals surface area contributed by atoms with Gasteiger partial charge in [-0.1, -0.05) is 20.8 Å². The van der Waals surface area contributed by atoms with Gasteiger partial charge >= 0.3 is 0 Å². The van der Waals surface area contributed by atoms with Crippen molar-refractivity contribution in [2.45, 2.75) is 39.8 Å². The topological polar surface area (TPSA) is 38.0 Å². The molecule has 0 aliphatic rings. The summed E-state index contributed by atoms with van der Waals surface area (Å²) in [6, 6.07) is 0. The number of aromatic nitrogens is 2. The molecule has 0 fully saturated rings. The maximum absolute atomic E-state index is 9.81. The summed E-state index contributed by atoms with van der Waals surface area (Å²) in [6.07, 6.45) is 4.29. The Bertz CT molecular complexity index is 255. The molecule has 1 aromatic heterocycles. The average molecular weight is 182 g/mol. The first-order valence-corrected chi connectivity index (χ1v) is 4.86. The standard InChI is InChI=1S/C10H18N2O/c1-4-6-12-7-5-11-10(12)9(13)8(2)3/h5,7-9,13H,4,6H2,1-3H3. The molecule has 13 heavy (non-hydrogen) atoms. The van der Waals surface area contributed by atoms with Crippen LogP contribution in [0, 0.1) is 5.92 Å². The number of aliphatic hydroxyl groups excluding tert-OH is 1. The van der Waals surface area contributed by atoms with Gasteiger partial charge in [-0.25, -0.2) is 4.98 Å². The van der Waals surface area contributed by atoms with E-state index in [1.807, 2.05) is 24.6 Å². The maximum atomic E-state index is 9.81. The molecular formula is C10H18N2O. The van der Waals surface area contributed by atoms with Crippen molar-refractivity contribution in [3.63, 3.8) is 0 Å². The molecule has 0 spiro atoms. The SMILES string of the molecule is CCCn1ccnc1C(O)C(C)C. The Labute approximate surface area is 79.4 Å². The molecule has 3 nitrogen and oxygen atoms in total. The fraction of sp³-hybridized carbons (Fsp3) is 0.700.